The molecular weight excluding hydrogens is 147 g/mol. The van der Waals surface area contributed by atoms with E-state index in [4.69, 9.17) is 3.67 Å². The Balaban J connectivity index is -0.000000000500. The molecule has 0 atom stereocenters. The SMILES string of the molecule is O.O.O.O.O.[O]=[V+2]. The van der Waals surface area contributed by atoms with E-state index >= 15 is 0 Å². The Morgan fingerprint density at radius 2 is 0.571 bits per heavy atom. The molecule has 0 saturated carbocycles. The van der Waals surface area contributed by atoms with Crippen molar-refractivity contribution in [3.63, 3.8) is 0 Å². The van der Waals surface area contributed by atoms with Crippen LogP contribution in [0.2, 0.25) is 0 Å². The van der Waals surface area contributed by atoms with Crippen LogP contribution in [0.15, 0.2) is 0 Å². The molecule has 0 amide bonds. The van der Waals surface area contributed by atoms with Crippen LogP contribution in [-0.4, -0.2) is 27.4 Å². The summed E-state index contributed by atoms with van der Waals surface area (Å²) in [5.74, 6) is 0. The molecule has 6 nitrogen and oxygen atoms in total. The van der Waals surface area contributed by atoms with E-state index in [2.05, 4.69) is 0 Å². The predicted molar refractivity (Wildman–Crippen MR) is 18.8 cm³/mol. The molecule has 0 aliphatic heterocycles. The van der Waals surface area contributed by atoms with Gasteiger partial charge in [0.25, 0.3) is 0 Å². The van der Waals surface area contributed by atoms with E-state index in [-0.39, 0.29) is 27.4 Å². The molecule has 0 spiro atoms. The molecule has 0 unspecified atom stereocenters. The van der Waals surface area contributed by atoms with Gasteiger partial charge in [0, 0.05) is 0 Å². The first-order valence-corrected chi connectivity index (χ1v) is 0.753. The minimum atomic E-state index is 0. The maximum atomic E-state index is 8.19. The van der Waals surface area contributed by atoms with Gasteiger partial charge in [0.15, 0.2) is 0 Å². The van der Waals surface area contributed by atoms with E-state index in [0.29, 0.717) is 0 Å². The van der Waals surface area contributed by atoms with Gasteiger partial charge in [-0.25, -0.2) is 0 Å². The van der Waals surface area contributed by atoms with Gasteiger partial charge in [-0.2, -0.15) is 0 Å². The molecule has 0 aromatic heterocycles. The van der Waals surface area contributed by atoms with Crippen molar-refractivity contribution in [1.29, 1.82) is 0 Å². The third kappa shape index (κ3) is 3180. The summed E-state index contributed by atoms with van der Waals surface area (Å²) in [6.45, 7) is 0. The second-order valence-electron chi connectivity index (χ2n) is 0. The minimum absolute atomic E-state index is 0. The van der Waals surface area contributed by atoms with E-state index in [1.165, 1.54) is 0 Å². The van der Waals surface area contributed by atoms with Crippen molar-refractivity contribution in [3.05, 3.63) is 0 Å². The molecule has 0 fully saturated rings. The van der Waals surface area contributed by atoms with Crippen LogP contribution >= 0.6 is 0 Å². The topological polar surface area (TPSA) is 175 Å². The molecule has 49 valence electrons. The second-order valence-corrected chi connectivity index (χ2v) is 0. The third-order valence-corrected chi connectivity index (χ3v) is 0. The van der Waals surface area contributed by atoms with Crippen LogP contribution in [0.4, 0.5) is 0 Å². The van der Waals surface area contributed by atoms with E-state index in [1.807, 2.05) is 0 Å². The molecule has 0 aromatic rings. The average molecular weight is 157 g/mol. The molecule has 0 rings (SSSR count). The molecule has 0 aliphatic carbocycles. The fraction of sp³-hybridized carbons (Fsp3) is 0. The monoisotopic (exact) mass is 157 g/mol. The molecule has 0 bridgehead atoms. The number of rotatable bonds is 0. The van der Waals surface area contributed by atoms with Crippen molar-refractivity contribution < 1.29 is 48.4 Å². The predicted octanol–water partition coefficient (Wildman–Crippen LogP) is -4.24. The Bertz CT molecular complexity index is 4.14. The van der Waals surface area contributed by atoms with Crippen molar-refractivity contribution in [1.82, 2.24) is 0 Å². The summed E-state index contributed by atoms with van der Waals surface area (Å²) in [5, 5.41) is 0. The van der Waals surface area contributed by atoms with Crippen LogP contribution in [0.25, 0.3) is 0 Å². The van der Waals surface area contributed by atoms with Crippen molar-refractivity contribution in [2.24, 2.45) is 0 Å². The van der Waals surface area contributed by atoms with Gasteiger partial charge in [0.1, 0.15) is 0 Å². The van der Waals surface area contributed by atoms with Gasteiger partial charge in [0.2, 0.25) is 0 Å². The summed E-state index contributed by atoms with van der Waals surface area (Å²) in [5.41, 5.74) is 0. The molecule has 0 heterocycles. The van der Waals surface area contributed by atoms with E-state index in [1.54, 1.807) is 0 Å². The van der Waals surface area contributed by atoms with Gasteiger partial charge in [-0.1, -0.05) is 0 Å². The van der Waals surface area contributed by atoms with Crippen molar-refractivity contribution in [2.45, 2.75) is 0 Å². The molecule has 0 aliphatic rings. The standard InChI is InChI=1S/5H2O.O.V/h5*1H2;;/q;;;;;;+2. The average Bonchev–Trinajstić information content (AvgIpc) is 1.00. The van der Waals surface area contributed by atoms with Gasteiger partial charge >= 0.3 is 21.0 Å². The first-order chi connectivity index (χ1) is 1.00. The number of hydrogen-bond donors (Lipinski definition) is 0. The van der Waals surface area contributed by atoms with Gasteiger partial charge in [-0.05, 0) is 0 Å². The van der Waals surface area contributed by atoms with E-state index in [0.717, 1.165) is 17.4 Å². The van der Waals surface area contributed by atoms with Crippen LogP contribution in [0.5, 0.6) is 0 Å². The molecule has 10 N–H and O–H groups in total. The summed E-state index contributed by atoms with van der Waals surface area (Å²) >= 11 is 1.06. The van der Waals surface area contributed by atoms with Crippen LogP contribution in [0.3, 0.4) is 0 Å². The Labute approximate surface area is 49.3 Å². The molecule has 7 heavy (non-hydrogen) atoms. The Kier molecular flexibility index (Phi) is 137000. The molecule has 7 heteroatoms. The summed E-state index contributed by atoms with van der Waals surface area (Å²) < 4.78 is 8.19. The van der Waals surface area contributed by atoms with Crippen LogP contribution in [0, 0.1) is 0 Å². The van der Waals surface area contributed by atoms with Gasteiger partial charge in [-0.3, -0.25) is 0 Å². The molecular formula is H10O6V+2. The number of hydrogen-bond acceptors (Lipinski definition) is 1. The second kappa shape index (κ2) is 4890. The Morgan fingerprint density at radius 3 is 0.571 bits per heavy atom. The molecule has 0 saturated heterocycles. The summed E-state index contributed by atoms with van der Waals surface area (Å²) in [4.78, 5) is 0. The van der Waals surface area contributed by atoms with Gasteiger partial charge in [0.05, 0.1) is 0 Å². The van der Waals surface area contributed by atoms with Crippen molar-refractivity contribution >= 4 is 0 Å². The zero-order chi connectivity index (χ0) is 2.00. The maximum absolute atomic E-state index is 8.19. The normalized spacial score (nSPS) is 0.857. The van der Waals surface area contributed by atoms with Crippen molar-refractivity contribution in [3.8, 4) is 0 Å². The Hall–Kier alpha value is 0.184. The first-order valence-electron chi connectivity index (χ1n) is 0.183. The van der Waals surface area contributed by atoms with E-state index in [9.17, 15) is 0 Å². The van der Waals surface area contributed by atoms with Crippen LogP contribution in [-0.2, 0) is 21.0 Å². The Morgan fingerprint density at radius 1 is 0.571 bits per heavy atom. The zero-order valence-corrected chi connectivity index (χ0v) is 4.75. The van der Waals surface area contributed by atoms with Crippen molar-refractivity contribution in [2.75, 3.05) is 0 Å². The zero-order valence-electron chi connectivity index (χ0n) is 3.36. The van der Waals surface area contributed by atoms with E-state index < -0.39 is 0 Å². The van der Waals surface area contributed by atoms with Gasteiger partial charge in [-0.15, -0.1) is 0 Å². The first kappa shape index (κ1) is 196. The summed E-state index contributed by atoms with van der Waals surface area (Å²) in [6, 6.07) is 0. The quantitative estimate of drug-likeness (QED) is 0.340. The third-order valence-electron chi connectivity index (χ3n) is 0. The fourth-order valence-electron chi connectivity index (χ4n) is 0. The molecule has 0 radical (unpaired) electrons. The van der Waals surface area contributed by atoms with Gasteiger partial charge < -0.3 is 27.4 Å². The fourth-order valence-corrected chi connectivity index (χ4v) is 0. The molecule has 0 aromatic carbocycles. The van der Waals surface area contributed by atoms with Crippen LogP contribution in [0.1, 0.15) is 0 Å². The summed E-state index contributed by atoms with van der Waals surface area (Å²) in [6.07, 6.45) is 0. The van der Waals surface area contributed by atoms with Crippen LogP contribution < -0.4 is 0 Å². The summed E-state index contributed by atoms with van der Waals surface area (Å²) in [7, 11) is 0.